The topological polar surface area (TPSA) is 99.2 Å². The lowest BCUT2D eigenvalue weighted by atomic mass is 10.1. The molecule has 2 fully saturated rings. The van der Waals surface area contributed by atoms with Crippen LogP contribution in [0.4, 0.5) is 11.6 Å². The lowest BCUT2D eigenvalue weighted by molar-refractivity contribution is 0.0745. The highest BCUT2D eigenvalue weighted by atomic mass is 32.2. The number of sulfonamides is 1. The molecule has 10 nitrogen and oxygen atoms in total. The molecule has 0 bridgehead atoms. The Kier molecular flexibility index (Phi) is 7.64. The van der Waals surface area contributed by atoms with Gasteiger partial charge in [-0.1, -0.05) is 13.8 Å². The zero-order valence-corrected chi connectivity index (χ0v) is 20.6. The van der Waals surface area contributed by atoms with Crippen molar-refractivity contribution >= 4 is 27.6 Å². The predicted octanol–water partition coefficient (Wildman–Crippen LogP) is 1.31. The molecule has 34 heavy (non-hydrogen) atoms. The quantitative estimate of drug-likeness (QED) is 0.575. The molecule has 2 aliphatic heterocycles. The summed E-state index contributed by atoms with van der Waals surface area (Å²) < 4.78 is 33.2. The number of nitrogens with zero attached hydrogens (tertiary/aromatic N) is 6. The van der Waals surface area contributed by atoms with Crippen LogP contribution in [0.15, 0.2) is 41.6 Å². The molecule has 2 aliphatic rings. The van der Waals surface area contributed by atoms with Crippen LogP contribution in [-0.4, -0.2) is 99.1 Å². The van der Waals surface area contributed by atoms with E-state index in [1.807, 2.05) is 18.7 Å². The van der Waals surface area contributed by atoms with E-state index in [1.54, 1.807) is 41.6 Å². The third kappa shape index (κ3) is 5.01. The summed E-state index contributed by atoms with van der Waals surface area (Å²) in [6, 6.07) is 6.70. The van der Waals surface area contributed by atoms with Crippen molar-refractivity contribution in [1.82, 2.24) is 19.2 Å². The Morgan fingerprint density at radius 3 is 2.24 bits per heavy atom. The molecule has 3 heterocycles. The van der Waals surface area contributed by atoms with Crippen LogP contribution in [0.3, 0.4) is 0 Å². The van der Waals surface area contributed by atoms with Crippen molar-refractivity contribution in [3.8, 4) is 0 Å². The highest BCUT2D eigenvalue weighted by Gasteiger charge is 2.30. The third-order valence-electron chi connectivity index (χ3n) is 6.30. The summed E-state index contributed by atoms with van der Waals surface area (Å²) in [7, 11) is -3.69. The zero-order chi connectivity index (χ0) is 24.1. The van der Waals surface area contributed by atoms with Gasteiger partial charge in [-0.25, -0.2) is 18.4 Å². The standard InChI is InChI=1S/C23H32N6O4S/c1-3-29(4-2)34(31,32)19-6-7-21(26-14-16-33-17-15-26)20(18-19)22(30)27-10-12-28(13-11-27)23-24-8-5-9-25-23/h5-9,18H,3-4,10-17H2,1-2H3. The number of carbonyl (C=O) groups excluding carboxylic acids is 1. The Labute approximate surface area is 201 Å². The number of benzene rings is 1. The Morgan fingerprint density at radius 1 is 0.971 bits per heavy atom. The molecular formula is C23H32N6O4S. The average molecular weight is 489 g/mol. The molecule has 0 atom stereocenters. The van der Waals surface area contributed by atoms with Crippen molar-refractivity contribution in [2.75, 3.05) is 75.4 Å². The summed E-state index contributed by atoms with van der Waals surface area (Å²) in [5.74, 6) is 0.489. The van der Waals surface area contributed by atoms with Gasteiger partial charge >= 0.3 is 0 Å². The molecule has 0 radical (unpaired) electrons. The number of aromatic nitrogens is 2. The van der Waals surface area contributed by atoms with Crippen molar-refractivity contribution in [3.63, 3.8) is 0 Å². The summed E-state index contributed by atoms with van der Waals surface area (Å²) >= 11 is 0. The summed E-state index contributed by atoms with van der Waals surface area (Å²) in [5.41, 5.74) is 1.17. The monoisotopic (exact) mass is 488 g/mol. The maximum atomic E-state index is 13.7. The normalized spacial score (nSPS) is 17.3. The second kappa shape index (κ2) is 10.7. The largest absolute Gasteiger partial charge is 0.378 e. The average Bonchev–Trinajstić information content (AvgIpc) is 2.89. The Morgan fingerprint density at radius 2 is 1.62 bits per heavy atom. The maximum absolute atomic E-state index is 13.7. The van der Waals surface area contributed by atoms with Gasteiger partial charge in [0.15, 0.2) is 0 Å². The second-order valence-corrected chi connectivity index (χ2v) is 10.1. The van der Waals surface area contributed by atoms with Gasteiger partial charge in [0.2, 0.25) is 16.0 Å². The highest BCUT2D eigenvalue weighted by molar-refractivity contribution is 7.89. The van der Waals surface area contributed by atoms with E-state index in [4.69, 9.17) is 4.74 Å². The van der Waals surface area contributed by atoms with Crippen LogP contribution in [-0.2, 0) is 14.8 Å². The molecule has 0 N–H and O–H groups in total. The van der Waals surface area contributed by atoms with Crippen molar-refractivity contribution in [2.45, 2.75) is 18.7 Å². The first-order valence-electron chi connectivity index (χ1n) is 11.7. The Hall–Kier alpha value is -2.76. The van der Waals surface area contributed by atoms with Crippen LogP contribution in [0.2, 0.25) is 0 Å². The van der Waals surface area contributed by atoms with Crippen LogP contribution in [0.1, 0.15) is 24.2 Å². The predicted molar refractivity (Wildman–Crippen MR) is 130 cm³/mol. The van der Waals surface area contributed by atoms with E-state index >= 15 is 0 Å². The van der Waals surface area contributed by atoms with E-state index in [0.717, 1.165) is 5.69 Å². The summed E-state index contributed by atoms with van der Waals surface area (Å²) in [5, 5.41) is 0. The van der Waals surface area contributed by atoms with E-state index in [1.165, 1.54) is 4.31 Å². The van der Waals surface area contributed by atoms with Gasteiger partial charge in [0.25, 0.3) is 5.91 Å². The van der Waals surface area contributed by atoms with Gasteiger partial charge in [0.05, 0.1) is 23.7 Å². The molecule has 2 saturated heterocycles. The van der Waals surface area contributed by atoms with Crippen LogP contribution in [0.5, 0.6) is 0 Å². The van der Waals surface area contributed by atoms with E-state index < -0.39 is 10.0 Å². The number of hydrogen-bond donors (Lipinski definition) is 0. The first kappa shape index (κ1) is 24.4. The minimum absolute atomic E-state index is 0.146. The summed E-state index contributed by atoms with van der Waals surface area (Å²) in [4.78, 5) is 28.4. The Balaban J connectivity index is 1.62. The third-order valence-corrected chi connectivity index (χ3v) is 8.34. The number of anilines is 2. The summed E-state index contributed by atoms with van der Waals surface area (Å²) in [6.07, 6.45) is 3.41. The number of morpholine rings is 1. The lowest BCUT2D eigenvalue weighted by Gasteiger charge is -2.36. The molecule has 0 aliphatic carbocycles. The SMILES string of the molecule is CCN(CC)S(=O)(=O)c1ccc(N2CCOCC2)c(C(=O)N2CCN(c3ncccn3)CC2)c1. The van der Waals surface area contributed by atoms with Crippen molar-refractivity contribution in [2.24, 2.45) is 0 Å². The van der Waals surface area contributed by atoms with Gasteiger partial charge in [0.1, 0.15) is 0 Å². The van der Waals surface area contributed by atoms with Gasteiger partial charge in [0, 0.05) is 70.4 Å². The van der Waals surface area contributed by atoms with Gasteiger partial charge in [-0.05, 0) is 24.3 Å². The fourth-order valence-electron chi connectivity index (χ4n) is 4.37. The molecule has 0 unspecified atom stereocenters. The van der Waals surface area contributed by atoms with Gasteiger partial charge in [-0.15, -0.1) is 0 Å². The van der Waals surface area contributed by atoms with E-state index in [2.05, 4.69) is 14.9 Å². The molecule has 2 aromatic rings. The van der Waals surface area contributed by atoms with Gasteiger partial charge < -0.3 is 19.4 Å². The minimum atomic E-state index is -3.69. The van der Waals surface area contributed by atoms with Crippen LogP contribution < -0.4 is 9.80 Å². The minimum Gasteiger partial charge on any atom is -0.378 e. The number of amides is 1. The molecule has 11 heteroatoms. The van der Waals surface area contributed by atoms with Crippen molar-refractivity contribution in [3.05, 3.63) is 42.2 Å². The fourth-order valence-corrected chi connectivity index (χ4v) is 5.86. The first-order chi connectivity index (χ1) is 16.5. The molecule has 1 amide bonds. The van der Waals surface area contributed by atoms with E-state index in [9.17, 15) is 13.2 Å². The number of ether oxygens (including phenoxy) is 1. The van der Waals surface area contributed by atoms with Gasteiger partial charge in [-0.3, -0.25) is 4.79 Å². The molecule has 184 valence electrons. The second-order valence-electron chi connectivity index (χ2n) is 8.20. The van der Waals surface area contributed by atoms with Crippen molar-refractivity contribution < 1.29 is 17.9 Å². The number of piperazine rings is 1. The lowest BCUT2D eigenvalue weighted by Crippen LogP contribution is -2.49. The maximum Gasteiger partial charge on any atom is 0.256 e. The number of carbonyl (C=O) groups is 1. The smallest absolute Gasteiger partial charge is 0.256 e. The highest BCUT2D eigenvalue weighted by Crippen LogP contribution is 2.28. The molecule has 0 saturated carbocycles. The molecule has 0 spiro atoms. The Bertz CT molecular complexity index is 1080. The number of hydrogen-bond acceptors (Lipinski definition) is 8. The van der Waals surface area contributed by atoms with Crippen LogP contribution in [0.25, 0.3) is 0 Å². The molecule has 1 aromatic heterocycles. The zero-order valence-electron chi connectivity index (χ0n) is 19.8. The number of rotatable bonds is 7. The van der Waals surface area contributed by atoms with Crippen LogP contribution >= 0.6 is 0 Å². The van der Waals surface area contributed by atoms with Crippen LogP contribution in [0, 0.1) is 0 Å². The summed E-state index contributed by atoms with van der Waals surface area (Å²) in [6.45, 7) is 9.05. The van der Waals surface area contributed by atoms with Gasteiger partial charge in [-0.2, -0.15) is 4.31 Å². The molecule has 1 aromatic carbocycles. The van der Waals surface area contributed by atoms with E-state index in [0.29, 0.717) is 77.1 Å². The van der Waals surface area contributed by atoms with E-state index in [-0.39, 0.29) is 10.8 Å². The fraction of sp³-hybridized carbons (Fsp3) is 0.522. The van der Waals surface area contributed by atoms with Crippen molar-refractivity contribution in [1.29, 1.82) is 0 Å². The molecular weight excluding hydrogens is 456 g/mol. The molecule has 4 rings (SSSR count). The first-order valence-corrected chi connectivity index (χ1v) is 13.2.